The molecule has 1 aromatic rings. The third-order valence-electron chi connectivity index (χ3n) is 6.30. The zero-order valence-corrected chi connectivity index (χ0v) is 17.8. The van der Waals surface area contributed by atoms with E-state index in [1.165, 1.54) is 0 Å². The topological polar surface area (TPSA) is 121 Å². The first kappa shape index (κ1) is 22.3. The van der Waals surface area contributed by atoms with Crippen LogP contribution in [0.1, 0.15) is 43.6 Å². The van der Waals surface area contributed by atoms with Crippen LogP contribution in [0.5, 0.6) is 5.88 Å². The van der Waals surface area contributed by atoms with Crippen LogP contribution in [-0.2, 0) is 9.53 Å². The minimum Gasteiger partial charge on any atom is -0.480 e. The van der Waals surface area contributed by atoms with E-state index in [2.05, 4.69) is 15.2 Å². The van der Waals surface area contributed by atoms with Gasteiger partial charge in [0.2, 0.25) is 5.88 Å². The summed E-state index contributed by atoms with van der Waals surface area (Å²) < 4.78 is 11.3. The van der Waals surface area contributed by atoms with Crippen LogP contribution in [0.4, 0.5) is 5.69 Å². The van der Waals surface area contributed by atoms with Crippen molar-refractivity contribution in [3.63, 3.8) is 0 Å². The van der Waals surface area contributed by atoms with Crippen molar-refractivity contribution in [3.05, 3.63) is 17.8 Å². The van der Waals surface area contributed by atoms with Crippen molar-refractivity contribution in [2.24, 2.45) is 11.8 Å². The summed E-state index contributed by atoms with van der Waals surface area (Å²) in [5.41, 5.74) is -0.444. The third-order valence-corrected chi connectivity index (χ3v) is 6.30. The first-order valence-corrected chi connectivity index (χ1v) is 10.5. The zero-order valence-electron chi connectivity index (χ0n) is 17.8. The standard InChI is InChI=1S/C21H31N3O6/c1-4-21(5-2,20(27)28)23-18(26)16-6-7-17(24-9-15(10-24)29-3)19(22-16)30-12-14-8-13(14)11-25/h6-7,13-15,25H,4-5,8-12H2,1-3H3,(H,23,26)(H,27,28)/t13-,14-/m1/s1. The molecule has 1 aromatic heterocycles. The van der Waals surface area contributed by atoms with E-state index >= 15 is 0 Å². The third kappa shape index (κ3) is 4.52. The maximum atomic E-state index is 12.8. The van der Waals surface area contributed by atoms with Gasteiger partial charge in [0.25, 0.3) is 5.91 Å². The van der Waals surface area contributed by atoms with Crippen LogP contribution in [-0.4, -0.2) is 72.1 Å². The highest BCUT2D eigenvalue weighted by Crippen LogP contribution is 2.39. The second kappa shape index (κ2) is 9.18. The van der Waals surface area contributed by atoms with E-state index in [0.29, 0.717) is 25.6 Å². The molecule has 3 rings (SSSR count). The van der Waals surface area contributed by atoms with Crippen molar-refractivity contribution in [1.29, 1.82) is 0 Å². The summed E-state index contributed by atoms with van der Waals surface area (Å²) in [5, 5.41) is 21.5. The second-order valence-corrected chi connectivity index (χ2v) is 8.08. The van der Waals surface area contributed by atoms with Crippen molar-refractivity contribution in [3.8, 4) is 5.88 Å². The monoisotopic (exact) mass is 421 g/mol. The number of amides is 1. The van der Waals surface area contributed by atoms with Crippen LogP contribution < -0.4 is 15.0 Å². The number of methoxy groups -OCH3 is 1. The molecule has 0 bridgehead atoms. The SMILES string of the molecule is CCC(CC)(NC(=O)c1ccc(N2CC(OC)C2)c(OC[C@H]2C[C@@H]2CO)n1)C(=O)O. The average molecular weight is 421 g/mol. The van der Waals surface area contributed by atoms with Gasteiger partial charge in [0, 0.05) is 26.8 Å². The fraction of sp³-hybridized carbons (Fsp3) is 0.667. The lowest BCUT2D eigenvalue weighted by atomic mass is 9.92. The Hall–Kier alpha value is -2.39. The Kier molecular flexibility index (Phi) is 6.82. The Bertz CT molecular complexity index is 776. The molecule has 1 saturated heterocycles. The lowest BCUT2D eigenvalue weighted by molar-refractivity contribution is -0.144. The summed E-state index contributed by atoms with van der Waals surface area (Å²) in [7, 11) is 1.67. The predicted molar refractivity (Wildman–Crippen MR) is 110 cm³/mol. The number of anilines is 1. The molecule has 2 fully saturated rings. The molecule has 166 valence electrons. The molecule has 0 aromatic carbocycles. The van der Waals surface area contributed by atoms with Gasteiger partial charge in [-0.1, -0.05) is 13.8 Å². The first-order chi connectivity index (χ1) is 14.4. The van der Waals surface area contributed by atoms with Crippen LogP contribution >= 0.6 is 0 Å². The quantitative estimate of drug-likeness (QED) is 0.489. The summed E-state index contributed by atoms with van der Waals surface area (Å²) >= 11 is 0. The van der Waals surface area contributed by atoms with Gasteiger partial charge >= 0.3 is 5.97 Å². The molecule has 9 nitrogen and oxygen atoms in total. The van der Waals surface area contributed by atoms with E-state index in [9.17, 15) is 19.8 Å². The number of aliphatic hydroxyl groups is 1. The predicted octanol–water partition coefficient (Wildman–Crippen LogP) is 1.30. The highest BCUT2D eigenvalue weighted by Gasteiger charge is 2.39. The summed E-state index contributed by atoms with van der Waals surface area (Å²) in [4.78, 5) is 31.0. The maximum absolute atomic E-state index is 12.8. The van der Waals surface area contributed by atoms with Crippen LogP contribution in [0.3, 0.4) is 0 Å². The Morgan fingerprint density at radius 3 is 2.50 bits per heavy atom. The summed E-state index contributed by atoms with van der Waals surface area (Å²) in [6.45, 7) is 5.43. The van der Waals surface area contributed by atoms with E-state index in [4.69, 9.17) is 9.47 Å². The van der Waals surface area contributed by atoms with Crippen LogP contribution in [0, 0.1) is 11.8 Å². The van der Waals surface area contributed by atoms with E-state index in [1.54, 1.807) is 33.1 Å². The van der Waals surface area contributed by atoms with Crippen molar-refractivity contribution in [2.45, 2.75) is 44.8 Å². The molecule has 0 radical (unpaired) electrons. The number of aromatic nitrogens is 1. The lowest BCUT2D eigenvalue weighted by Gasteiger charge is -2.40. The number of nitrogens with zero attached hydrogens (tertiary/aromatic N) is 2. The van der Waals surface area contributed by atoms with Crippen LogP contribution in [0.2, 0.25) is 0 Å². The van der Waals surface area contributed by atoms with Crippen LogP contribution in [0.15, 0.2) is 12.1 Å². The molecule has 2 atom stereocenters. The van der Waals surface area contributed by atoms with Crippen molar-refractivity contribution in [2.75, 3.05) is 38.3 Å². The number of carboxylic acid groups (broad SMARTS) is 1. The highest BCUT2D eigenvalue weighted by atomic mass is 16.5. The fourth-order valence-corrected chi connectivity index (χ4v) is 3.68. The number of hydrogen-bond donors (Lipinski definition) is 3. The number of hydrogen-bond acceptors (Lipinski definition) is 7. The number of pyridine rings is 1. The molecule has 1 saturated carbocycles. The van der Waals surface area contributed by atoms with Gasteiger partial charge in [0.05, 0.1) is 12.7 Å². The number of aliphatic carboxylic acids is 1. The van der Waals surface area contributed by atoms with Crippen molar-refractivity contribution in [1.82, 2.24) is 10.3 Å². The zero-order chi connectivity index (χ0) is 21.9. The minimum absolute atomic E-state index is 0.111. The van der Waals surface area contributed by atoms with Gasteiger partial charge in [0.15, 0.2) is 0 Å². The second-order valence-electron chi connectivity index (χ2n) is 8.08. The lowest BCUT2D eigenvalue weighted by Crippen LogP contribution is -2.54. The molecule has 1 amide bonds. The van der Waals surface area contributed by atoms with Gasteiger partial charge in [-0.3, -0.25) is 4.79 Å². The number of rotatable bonds is 11. The summed E-state index contributed by atoms with van der Waals surface area (Å²) in [5.74, 6) is -0.730. The number of aliphatic hydroxyl groups excluding tert-OH is 1. The molecule has 0 spiro atoms. The molecular weight excluding hydrogens is 390 g/mol. The molecule has 9 heteroatoms. The Balaban J connectivity index is 1.78. The fourth-order valence-electron chi connectivity index (χ4n) is 3.68. The highest BCUT2D eigenvalue weighted by molar-refractivity contribution is 5.96. The largest absolute Gasteiger partial charge is 0.480 e. The number of carbonyl (C=O) groups excluding carboxylic acids is 1. The van der Waals surface area contributed by atoms with Gasteiger partial charge in [-0.05, 0) is 43.2 Å². The van der Waals surface area contributed by atoms with E-state index < -0.39 is 17.4 Å². The summed E-state index contributed by atoms with van der Waals surface area (Å²) in [6.07, 6.45) is 1.59. The summed E-state index contributed by atoms with van der Waals surface area (Å²) in [6, 6.07) is 3.36. The Labute approximate surface area is 176 Å². The van der Waals surface area contributed by atoms with Gasteiger partial charge < -0.3 is 29.9 Å². The molecular formula is C21H31N3O6. The average Bonchev–Trinajstić information content (AvgIpc) is 3.48. The van der Waals surface area contributed by atoms with Crippen molar-refractivity contribution >= 4 is 17.6 Å². The number of carboxylic acids is 1. The molecule has 30 heavy (non-hydrogen) atoms. The molecule has 3 N–H and O–H groups in total. The molecule has 0 unspecified atom stereocenters. The molecule has 1 aliphatic heterocycles. The number of ether oxygens (including phenoxy) is 2. The number of carbonyl (C=O) groups is 2. The maximum Gasteiger partial charge on any atom is 0.329 e. The van der Waals surface area contributed by atoms with Gasteiger partial charge in [-0.25, -0.2) is 9.78 Å². The van der Waals surface area contributed by atoms with Crippen LogP contribution in [0.25, 0.3) is 0 Å². The van der Waals surface area contributed by atoms with Crippen molar-refractivity contribution < 1.29 is 29.3 Å². The molecule has 2 heterocycles. The molecule has 1 aliphatic carbocycles. The minimum atomic E-state index is -1.33. The number of nitrogens with one attached hydrogen (secondary N) is 1. The normalized spacial score (nSPS) is 21.1. The smallest absolute Gasteiger partial charge is 0.329 e. The van der Waals surface area contributed by atoms with E-state index in [1.807, 2.05) is 0 Å². The van der Waals surface area contributed by atoms with Gasteiger partial charge in [-0.15, -0.1) is 0 Å². The van der Waals surface area contributed by atoms with Gasteiger partial charge in [0.1, 0.15) is 16.9 Å². The van der Waals surface area contributed by atoms with Gasteiger partial charge in [-0.2, -0.15) is 0 Å². The first-order valence-electron chi connectivity index (χ1n) is 10.5. The van der Waals surface area contributed by atoms with E-state index in [-0.39, 0.29) is 43.1 Å². The molecule has 2 aliphatic rings. The van der Waals surface area contributed by atoms with E-state index in [0.717, 1.165) is 12.1 Å². The Morgan fingerprint density at radius 2 is 1.97 bits per heavy atom. The Morgan fingerprint density at radius 1 is 1.27 bits per heavy atom.